The lowest BCUT2D eigenvalue weighted by Gasteiger charge is -2.39. The minimum absolute atomic E-state index is 0.138. The largest absolute Gasteiger partial charge is 0.397 e. The van der Waals surface area contributed by atoms with Gasteiger partial charge in [0.2, 0.25) is 0 Å². The summed E-state index contributed by atoms with van der Waals surface area (Å²) in [5.41, 5.74) is 8.87. The highest BCUT2D eigenvalue weighted by Crippen LogP contribution is 2.40. The van der Waals surface area contributed by atoms with Crippen molar-refractivity contribution in [2.24, 2.45) is 5.92 Å². The van der Waals surface area contributed by atoms with Gasteiger partial charge in [0.1, 0.15) is 0 Å². The molecular formula is C24H30N4O. The summed E-state index contributed by atoms with van der Waals surface area (Å²) in [5, 5.41) is 6.60. The van der Waals surface area contributed by atoms with Crippen LogP contribution in [0.4, 0.5) is 17.1 Å². The van der Waals surface area contributed by atoms with Gasteiger partial charge in [0.15, 0.2) is 0 Å². The van der Waals surface area contributed by atoms with Crippen molar-refractivity contribution in [2.75, 3.05) is 22.9 Å². The SMILES string of the molecule is Nc1ccccc1NC(=O)c1ccc(NC2CC3CCC(C2)N3CC2CC2)cc1. The van der Waals surface area contributed by atoms with E-state index in [-0.39, 0.29) is 5.91 Å². The molecule has 1 amide bonds. The lowest BCUT2D eigenvalue weighted by molar-refractivity contribution is 0.102. The van der Waals surface area contributed by atoms with Crippen molar-refractivity contribution in [3.05, 3.63) is 54.1 Å². The van der Waals surface area contributed by atoms with Gasteiger partial charge in [-0.15, -0.1) is 0 Å². The lowest BCUT2D eigenvalue weighted by Crippen LogP contribution is -2.47. The minimum Gasteiger partial charge on any atom is -0.397 e. The summed E-state index contributed by atoms with van der Waals surface area (Å²) < 4.78 is 0. The Labute approximate surface area is 172 Å². The zero-order valence-electron chi connectivity index (χ0n) is 16.8. The van der Waals surface area contributed by atoms with E-state index in [9.17, 15) is 4.79 Å². The van der Waals surface area contributed by atoms with Gasteiger partial charge in [0.05, 0.1) is 11.4 Å². The van der Waals surface area contributed by atoms with Crippen molar-refractivity contribution in [1.29, 1.82) is 0 Å². The molecule has 4 N–H and O–H groups in total. The van der Waals surface area contributed by atoms with E-state index in [4.69, 9.17) is 5.73 Å². The average Bonchev–Trinajstić information content (AvgIpc) is 3.50. The van der Waals surface area contributed by atoms with Crippen molar-refractivity contribution >= 4 is 23.0 Å². The molecule has 152 valence electrons. The number of amides is 1. The molecule has 5 nitrogen and oxygen atoms in total. The highest BCUT2D eigenvalue weighted by atomic mass is 16.1. The second-order valence-electron chi connectivity index (χ2n) is 8.96. The van der Waals surface area contributed by atoms with Crippen molar-refractivity contribution in [1.82, 2.24) is 4.90 Å². The normalized spacial score (nSPS) is 26.3. The third-order valence-corrected chi connectivity index (χ3v) is 6.78. The summed E-state index contributed by atoms with van der Waals surface area (Å²) in [6.45, 7) is 1.33. The quantitative estimate of drug-likeness (QED) is 0.642. The number of anilines is 3. The Morgan fingerprint density at radius 2 is 1.66 bits per heavy atom. The van der Waals surface area contributed by atoms with Crippen molar-refractivity contribution < 1.29 is 4.79 Å². The first-order chi connectivity index (χ1) is 14.2. The molecule has 2 aliphatic heterocycles. The van der Waals surface area contributed by atoms with Crippen molar-refractivity contribution in [3.63, 3.8) is 0 Å². The maximum absolute atomic E-state index is 12.5. The van der Waals surface area contributed by atoms with Gasteiger partial charge in [-0.3, -0.25) is 9.69 Å². The van der Waals surface area contributed by atoms with E-state index >= 15 is 0 Å². The van der Waals surface area contributed by atoms with Gasteiger partial charge in [-0.1, -0.05) is 12.1 Å². The third-order valence-electron chi connectivity index (χ3n) is 6.78. The number of piperidine rings is 1. The topological polar surface area (TPSA) is 70.4 Å². The summed E-state index contributed by atoms with van der Waals surface area (Å²) in [7, 11) is 0. The summed E-state index contributed by atoms with van der Waals surface area (Å²) in [6, 6.07) is 17.2. The van der Waals surface area contributed by atoms with Crippen LogP contribution in [0.5, 0.6) is 0 Å². The molecule has 3 fully saturated rings. The van der Waals surface area contributed by atoms with Crippen LogP contribution in [0, 0.1) is 5.92 Å². The number of hydrogen-bond donors (Lipinski definition) is 3. The van der Waals surface area contributed by atoms with Gasteiger partial charge in [0, 0.05) is 35.9 Å². The molecule has 0 spiro atoms. The fraction of sp³-hybridized carbons (Fsp3) is 0.458. The number of rotatable bonds is 6. The fourth-order valence-electron chi connectivity index (χ4n) is 5.05. The molecule has 0 radical (unpaired) electrons. The Balaban J connectivity index is 1.18. The molecule has 3 aliphatic rings. The molecule has 1 aliphatic carbocycles. The predicted octanol–water partition coefficient (Wildman–Crippen LogP) is 4.34. The molecule has 2 unspecified atom stereocenters. The molecule has 5 rings (SSSR count). The summed E-state index contributed by atoms with van der Waals surface area (Å²) in [4.78, 5) is 15.3. The second-order valence-corrected chi connectivity index (χ2v) is 8.96. The van der Waals surface area contributed by atoms with Crippen LogP contribution in [0.3, 0.4) is 0 Å². The maximum Gasteiger partial charge on any atom is 0.255 e. The van der Waals surface area contributed by atoms with Crippen LogP contribution in [0.25, 0.3) is 0 Å². The van der Waals surface area contributed by atoms with Gasteiger partial charge >= 0.3 is 0 Å². The van der Waals surface area contributed by atoms with Crippen LogP contribution in [0.15, 0.2) is 48.5 Å². The average molecular weight is 391 g/mol. The number of nitrogens with two attached hydrogens (primary N) is 1. The van der Waals surface area contributed by atoms with Crippen LogP contribution in [-0.2, 0) is 0 Å². The zero-order valence-corrected chi connectivity index (χ0v) is 16.8. The Morgan fingerprint density at radius 3 is 2.31 bits per heavy atom. The van der Waals surface area contributed by atoms with Gasteiger partial charge in [-0.2, -0.15) is 0 Å². The van der Waals surface area contributed by atoms with Crippen LogP contribution in [-0.4, -0.2) is 35.5 Å². The molecule has 29 heavy (non-hydrogen) atoms. The summed E-state index contributed by atoms with van der Waals surface area (Å²) in [6.07, 6.45) is 8.06. The smallest absolute Gasteiger partial charge is 0.255 e. The maximum atomic E-state index is 12.5. The van der Waals surface area contributed by atoms with Crippen LogP contribution in [0.2, 0.25) is 0 Å². The number of para-hydroxylation sites is 2. The molecule has 2 saturated heterocycles. The van der Waals surface area contributed by atoms with Gasteiger partial charge in [-0.05, 0) is 80.8 Å². The lowest BCUT2D eigenvalue weighted by atomic mass is 9.96. The summed E-state index contributed by atoms with van der Waals surface area (Å²) >= 11 is 0. The van der Waals surface area contributed by atoms with Gasteiger partial charge in [0.25, 0.3) is 5.91 Å². The number of nitrogens with zero attached hydrogens (tertiary/aromatic N) is 1. The number of nitrogens with one attached hydrogen (secondary N) is 2. The summed E-state index contributed by atoms with van der Waals surface area (Å²) in [5.74, 6) is 0.841. The number of carbonyl (C=O) groups is 1. The van der Waals surface area contributed by atoms with Crippen molar-refractivity contribution in [2.45, 2.75) is 56.7 Å². The molecule has 2 bridgehead atoms. The molecule has 2 atom stereocenters. The molecule has 2 aromatic carbocycles. The third kappa shape index (κ3) is 4.10. The Hall–Kier alpha value is -2.53. The molecule has 2 aromatic rings. The second kappa shape index (κ2) is 7.71. The Morgan fingerprint density at radius 1 is 0.966 bits per heavy atom. The molecule has 5 heteroatoms. The number of hydrogen-bond acceptors (Lipinski definition) is 4. The Kier molecular flexibility index (Phi) is 4.92. The first-order valence-electron chi connectivity index (χ1n) is 10.9. The van der Waals surface area contributed by atoms with Crippen LogP contribution < -0.4 is 16.4 Å². The highest BCUT2D eigenvalue weighted by molar-refractivity contribution is 6.05. The highest BCUT2D eigenvalue weighted by Gasteiger charge is 2.42. The van der Waals surface area contributed by atoms with Gasteiger partial charge < -0.3 is 16.4 Å². The number of nitrogen functional groups attached to an aromatic ring is 1. The Bertz CT molecular complexity index is 863. The van der Waals surface area contributed by atoms with Crippen LogP contribution in [0.1, 0.15) is 48.9 Å². The molecule has 2 heterocycles. The van der Waals surface area contributed by atoms with Gasteiger partial charge in [-0.25, -0.2) is 0 Å². The van der Waals surface area contributed by atoms with Crippen LogP contribution >= 0.6 is 0 Å². The predicted molar refractivity (Wildman–Crippen MR) is 118 cm³/mol. The number of fused-ring (bicyclic) bond motifs is 2. The van der Waals surface area contributed by atoms with E-state index in [1.807, 2.05) is 42.5 Å². The first-order valence-corrected chi connectivity index (χ1v) is 10.9. The van der Waals surface area contributed by atoms with E-state index in [2.05, 4.69) is 15.5 Å². The standard InChI is InChI=1S/C24H30N4O/c25-22-3-1-2-4-23(22)27-24(29)17-7-9-18(10-8-17)26-19-13-20-11-12-21(14-19)28(20)15-16-5-6-16/h1-4,7-10,16,19-21,26H,5-6,11-15,25H2,(H,27,29). The van der Waals surface area contributed by atoms with E-state index in [0.29, 0.717) is 23.0 Å². The number of benzene rings is 2. The van der Waals surface area contributed by atoms with E-state index in [1.54, 1.807) is 6.07 Å². The van der Waals surface area contributed by atoms with Crippen molar-refractivity contribution in [3.8, 4) is 0 Å². The molecule has 0 aromatic heterocycles. The number of carbonyl (C=O) groups excluding carboxylic acids is 1. The monoisotopic (exact) mass is 390 g/mol. The van der Waals surface area contributed by atoms with E-state index in [0.717, 1.165) is 23.7 Å². The fourth-order valence-corrected chi connectivity index (χ4v) is 5.05. The van der Waals surface area contributed by atoms with E-state index < -0.39 is 0 Å². The first kappa shape index (κ1) is 18.5. The molecular weight excluding hydrogens is 360 g/mol. The minimum atomic E-state index is -0.138. The van der Waals surface area contributed by atoms with E-state index in [1.165, 1.54) is 45.1 Å². The zero-order chi connectivity index (χ0) is 19.8. The molecule has 1 saturated carbocycles.